The topological polar surface area (TPSA) is 117 Å². The van der Waals surface area contributed by atoms with Gasteiger partial charge in [-0.05, 0) is 46.3 Å². The van der Waals surface area contributed by atoms with E-state index in [1.54, 1.807) is 6.92 Å². The molecular weight excluding hydrogens is 467 g/mol. The van der Waals surface area contributed by atoms with Gasteiger partial charge in [-0.3, -0.25) is 4.79 Å². The van der Waals surface area contributed by atoms with Crippen LogP contribution in [0.5, 0.6) is 0 Å². The van der Waals surface area contributed by atoms with Crippen molar-refractivity contribution < 1.29 is 27.1 Å². The van der Waals surface area contributed by atoms with Crippen LogP contribution in [0.15, 0.2) is 10.6 Å². The quantitative estimate of drug-likeness (QED) is 0.450. The summed E-state index contributed by atoms with van der Waals surface area (Å²) >= 11 is 0. The van der Waals surface area contributed by atoms with E-state index in [-0.39, 0.29) is 36.1 Å². The highest BCUT2D eigenvalue weighted by atomic mass is 19.4. The van der Waals surface area contributed by atoms with E-state index in [0.29, 0.717) is 43.6 Å². The predicted octanol–water partition coefficient (Wildman–Crippen LogP) is 2.91. The van der Waals surface area contributed by atoms with Gasteiger partial charge in [0.1, 0.15) is 17.1 Å². The number of carbonyl (C=O) groups is 1. The minimum atomic E-state index is -4.62. The average Bonchev–Trinajstić information content (AvgIpc) is 3.12. The number of anilines is 3. The summed E-state index contributed by atoms with van der Waals surface area (Å²) in [4.78, 5) is 26.4. The number of hydrogen-bond acceptors (Lipinski definition) is 9. The van der Waals surface area contributed by atoms with Crippen molar-refractivity contribution in [2.45, 2.75) is 38.3 Å². The Morgan fingerprint density at radius 2 is 1.91 bits per heavy atom. The summed E-state index contributed by atoms with van der Waals surface area (Å²) in [5, 5.41) is 8.35. The highest BCUT2D eigenvalue weighted by Gasteiger charge is 2.35. The standard InChI is InChI=1S/C22H30F3N7O3/c1-13-17(29-20(35-13)14-4-8-32(2)9-5-14)30-21-28-10-16(22(23,24)25)18(31-21)26-6-3-7-27-19(33)15-11-34-12-15/h10,14-15H,3-9,11-12H2,1-2H3,(H,27,33)(H2,26,28,30,31). The fourth-order valence-electron chi connectivity index (χ4n) is 3.89. The fraction of sp³-hybridized carbons (Fsp3) is 0.636. The van der Waals surface area contributed by atoms with E-state index in [0.717, 1.165) is 32.1 Å². The molecule has 4 rings (SSSR count). The molecule has 0 bridgehead atoms. The number of piperidine rings is 1. The molecular formula is C22H30F3N7O3. The van der Waals surface area contributed by atoms with Crippen LogP contribution in [0.4, 0.5) is 30.8 Å². The van der Waals surface area contributed by atoms with Crippen molar-refractivity contribution in [1.82, 2.24) is 25.2 Å². The molecule has 192 valence electrons. The van der Waals surface area contributed by atoms with Gasteiger partial charge >= 0.3 is 6.18 Å². The van der Waals surface area contributed by atoms with E-state index in [2.05, 4.69) is 42.8 Å². The molecule has 0 aliphatic carbocycles. The largest absolute Gasteiger partial charge is 0.443 e. The van der Waals surface area contributed by atoms with E-state index in [1.165, 1.54) is 0 Å². The first-order chi connectivity index (χ1) is 16.7. The molecule has 1 amide bonds. The van der Waals surface area contributed by atoms with Crippen LogP contribution in [-0.4, -0.2) is 72.2 Å². The number of hydrogen-bond donors (Lipinski definition) is 3. The number of amides is 1. The third-order valence-corrected chi connectivity index (χ3v) is 6.16. The van der Waals surface area contributed by atoms with Gasteiger partial charge < -0.3 is 30.0 Å². The molecule has 2 saturated heterocycles. The summed E-state index contributed by atoms with van der Waals surface area (Å²) in [5.41, 5.74) is -0.970. The first kappa shape index (κ1) is 25.2. The Labute approximate surface area is 201 Å². The highest BCUT2D eigenvalue weighted by molar-refractivity contribution is 5.79. The normalized spacial score (nSPS) is 17.7. The first-order valence-corrected chi connectivity index (χ1v) is 11.7. The molecule has 2 fully saturated rings. The number of aryl methyl sites for hydroxylation is 1. The van der Waals surface area contributed by atoms with Crippen LogP contribution in [-0.2, 0) is 15.7 Å². The molecule has 2 aliphatic rings. The number of aromatic nitrogens is 3. The number of ether oxygens (including phenoxy) is 1. The fourth-order valence-corrected chi connectivity index (χ4v) is 3.89. The van der Waals surface area contributed by atoms with Crippen molar-refractivity contribution in [3.8, 4) is 0 Å². The number of alkyl halides is 3. The minimum absolute atomic E-state index is 0.0230. The number of halogens is 3. The second-order valence-electron chi connectivity index (χ2n) is 8.92. The highest BCUT2D eigenvalue weighted by Crippen LogP contribution is 2.35. The van der Waals surface area contributed by atoms with Crippen molar-refractivity contribution in [1.29, 1.82) is 0 Å². The van der Waals surface area contributed by atoms with Gasteiger partial charge in [-0.15, -0.1) is 0 Å². The molecule has 2 aromatic heterocycles. The van der Waals surface area contributed by atoms with Gasteiger partial charge in [0, 0.05) is 25.2 Å². The summed E-state index contributed by atoms with van der Waals surface area (Å²) in [5.74, 6) is 1.09. The van der Waals surface area contributed by atoms with Gasteiger partial charge in [0.05, 0.1) is 19.1 Å². The third-order valence-electron chi connectivity index (χ3n) is 6.16. The van der Waals surface area contributed by atoms with Crippen LogP contribution in [0, 0.1) is 12.8 Å². The Kier molecular flexibility index (Phi) is 7.75. The lowest BCUT2D eigenvalue weighted by Crippen LogP contribution is -2.42. The first-order valence-electron chi connectivity index (χ1n) is 11.7. The maximum Gasteiger partial charge on any atom is 0.421 e. The molecule has 0 spiro atoms. The Balaban J connectivity index is 1.38. The monoisotopic (exact) mass is 497 g/mol. The van der Waals surface area contributed by atoms with E-state index >= 15 is 0 Å². The van der Waals surface area contributed by atoms with Crippen molar-refractivity contribution in [3.63, 3.8) is 0 Å². The van der Waals surface area contributed by atoms with Crippen molar-refractivity contribution in [2.75, 3.05) is 57.1 Å². The summed E-state index contributed by atoms with van der Waals surface area (Å²) in [7, 11) is 2.07. The number of likely N-dealkylation sites (tertiary alicyclic amines) is 1. The molecule has 2 aromatic rings. The summed E-state index contributed by atoms with van der Waals surface area (Å²) in [6.45, 7) is 4.96. The minimum Gasteiger partial charge on any atom is -0.443 e. The molecule has 2 aliphatic heterocycles. The molecule has 0 atom stereocenters. The SMILES string of the molecule is Cc1oc(C2CCN(C)CC2)nc1Nc1ncc(C(F)(F)F)c(NCCCNC(=O)C2COC2)n1. The second kappa shape index (κ2) is 10.8. The number of carbonyl (C=O) groups excluding carboxylic acids is 1. The van der Waals surface area contributed by atoms with Crippen molar-refractivity contribution in [2.24, 2.45) is 5.92 Å². The van der Waals surface area contributed by atoms with Crippen molar-refractivity contribution in [3.05, 3.63) is 23.4 Å². The molecule has 0 radical (unpaired) electrons. The van der Waals surface area contributed by atoms with Gasteiger partial charge in [0.15, 0.2) is 11.7 Å². The third kappa shape index (κ3) is 6.40. The molecule has 3 N–H and O–H groups in total. The van der Waals surface area contributed by atoms with Crippen LogP contribution in [0.1, 0.15) is 42.4 Å². The van der Waals surface area contributed by atoms with E-state index < -0.39 is 11.7 Å². The zero-order valence-electron chi connectivity index (χ0n) is 19.7. The summed E-state index contributed by atoms with van der Waals surface area (Å²) < 4.78 is 51.2. The number of rotatable bonds is 9. The molecule has 10 nitrogen and oxygen atoms in total. The number of oxazole rings is 1. The average molecular weight is 498 g/mol. The Bertz CT molecular complexity index is 1020. The molecule has 35 heavy (non-hydrogen) atoms. The Morgan fingerprint density at radius 1 is 1.17 bits per heavy atom. The van der Waals surface area contributed by atoms with E-state index in [9.17, 15) is 18.0 Å². The summed E-state index contributed by atoms with van der Waals surface area (Å²) in [6.07, 6.45) is -1.61. The maximum absolute atomic E-state index is 13.5. The van der Waals surface area contributed by atoms with Gasteiger partial charge in [-0.2, -0.15) is 23.1 Å². The molecule has 4 heterocycles. The van der Waals surface area contributed by atoms with Gasteiger partial charge in [0.2, 0.25) is 11.9 Å². The molecule has 13 heteroatoms. The van der Waals surface area contributed by atoms with Crippen molar-refractivity contribution >= 4 is 23.5 Å². The number of nitrogens with one attached hydrogen (secondary N) is 3. The maximum atomic E-state index is 13.5. The molecule has 0 saturated carbocycles. The lowest BCUT2D eigenvalue weighted by Gasteiger charge is -2.26. The van der Waals surface area contributed by atoms with E-state index in [1.807, 2.05) is 0 Å². The van der Waals surface area contributed by atoms with E-state index in [4.69, 9.17) is 9.15 Å². The second-order valence-corrected chi connectivity index (χ2v) is 8.92. The van der Waals surface area contributed by atoms with Gasteiger partial charge in [-0.1, -0.05) is 0 Å². The lowest BCUT2D eigenvalue weighted by molar-refractivity contribution is -0.139. The smallest absolute Gasteiger partial charge is 0.421 e. The van der Waals surface area contributed by atoms with Gasteiger partial charge in [-0.25, -0.2) is 4.98 Å². The summed E-state index contributed by atoms with van der Waals surface area (Å²) in [6, 6.07) is 0. The van der Waals surface area contributed by atoms with Crippen LogP contribution >= 0.6 is 0 Å². The zero-order valence-corrected chi connectivity index (χ0v) is 19.7. The van der Waals surface area contributed by atoms with Gasteiger partial charge in [0.25, 0.3) is 0 Å². The van der Waals surface area contributed by atoms with Crippen LogP contribution in [0.2, 0.25) is 0 Å². The Morgan fingerprint density at radius 3 is 2.57 bits per heavy atom. The predicted molar refractivity (Wildman–Crippen MR) is 121 cm³/mol. The Hall–Kier alpha value is -2.93. The van der Waals surface area contributed by atoms with Crippen LogP contribution in [0.3, 0.4) is 0 Å². The zero-order chi connectivity index (χ0) is 25.0. The van der Waals surface area contributed by atoms with Crippen LogP contribution in [0.25, 0.3) is 0 Å². The lowest BCUT2D eigenvalue weighted by atomic mass is 9.97. The molecule has 0 aromatic carbocycles. The number of nitrogens with zero attached hydrogens (tertiary/aromatic N) is 4. The molecule has 0 unspecified atom stereocenters. The van der Waals surface area contributed by atoms with Crippen LogP contribution < -0.4 is 16.0 Å².